The van der Waals surface area contributed by atoms with Gasteiger partial charge < -0.3 is 4.90 Å². The lowest BCUT2D eigenvalue weighted by atomic mass is 10.0. The Hall–Kier alpha value is -1.65. The van der Waals surface area contributed by atoms with E-state index < -0.39 is 0 Å². The van der Waals surface area contributed by atoms with E-state index in [4.69, 9.17) is 0 Å². The van der Waals surface area contributed by atoms with Crippen molar-refractivity contribution >= 4 is 0 Å². The summed E-state index contributed by atoms with van der Waals surface area (Å²) in [5.74, 6) is 0. The van der Waals surface area contributed by atoms with Crippen LogP contribution in [-0.4, -0.2) is 46.3 Å². The predicted molar refractivity (Wildman–Crippen MR) is 80.3 cm³/mol. The zero-order valence-corrected chi connectivity index (χ0v) is 12.2. The van der Waals surface area contributed by atoms with Crippen LogP contribution in [0.1, 0.15) is 17.2 Å². The minimum Gasteiger partial charge on any atom is -0.303 e. The summed E-state index contributed by atoms with van der Waals surface area (Å²) in [6.07, 6.45) is 4.08. The van der Waals surface area contributed by atoms with E-state index in [1.807, 2.05) is 17.9 Å². The summed E-state index contributed by atoms with van der Waals surface area (Å²) in [6.45, 7) is 4.29. The maximum Gasteiger partial charge on any atom is 0.0534 e. The molecule has 1 atom stereocenters. The second kappa shape index (κ2) is 5.77. The van der Waals surface area contributed by atoms with Gasteiger partial charge in [0.05, 0.1) is 6.20 Å². The molecule has 0 radical (unpaired) electrons. The van der Waals surface area contributed by atoms with Crippen molar-refractivity contribution in [3.8, 4) is 0 Å². The molecule has 0 amide bonds. The monoisotopic (exact) mass is 270 g/mol. The molecule has 20 heavy (non-hydrogen) atoms. The first-order valence-corrected chi connectivity index (χ1v) is 7.17. The van der Waals surface area contributed by atoms with E-state index >= 15 is 0 Å². The Morgan fingerprint density at radius 3 is 2.65 bits per heavy atom. The Bertz CT molecular complexity index is 549. The highest BCUT2D eigenvalue weighted by molar-refractivity contribution is 5.20. The van der Waals surface area contributed by atoms with E-state index in [0.29, 0.717) is 6.04 Å². The van der Waals surface area contributed by atoms with Gasteiger partial charge in [-0.15, -0.1) is 0 Å². The standard InChI is InChI=1S/C16H22N4/c1-18-8-9-20(12-14-10-17-19(2)11-14)16(13-18)15-6-4-3-5-7-15/h3-7,10-11,16H,8-9,12-13H2,1-2H3. The molecule has 0 spiro atoms. The number of hydrogen-bond donors (Lipinski definition) is 0. The first kappa shape index (κ1) is 13.3. The van der Waals surface area contributed by atoms with Crippen molar-refractivity contribution < 1.29 is 0 Å². The molecule has 4 heteroatoms. The zero-order chi connectivity index (χ0) is 13.9. The van der Waals surface area contributed by atoms with Crippen molar-refractivity contribution in [2.24, 2.45) is 7.05 Å². The molecule has 4 nitrogen and oxygen atoms in total. The lowest BCUT2D eigenvalue weighted by molar-refractivity contribution is 0.0833. The molecule has 1 aliphatic heterocycles. The zero-order valence-electron chi connectivity index (χ0n) is 12.2. The molecule has 3 rings (SSSR count). The summed E-state index contributed by atoms with van der Waals surface area (Å²) in [6, 6.07) is 11.3. The molecule has 1 saturated heterocycles. The SMILES string of the molecule is CN1CCN(Cc2cnn(C)c2)C(c2ccccc2)C1. The maximum atomic E-state index is 4.27. The second-order valence-electron chi connectivity index (χ2n) is 5.68. The lowest BCUT2D eigenvalue weighted by Crippen LogP contribution is -2.46. The van der Waals surface area contributed by atoms with Gasteiger partial charge in [0.2, 0.25) is 0 Å². The number of hydrogen-bond acceptors (Lipinski definition) is 3. The second-order valence-corrected chi connectivity index (χ2v) is 5.68. The Morgan fingerprint density at radius 2 is 1.95 bits per heavy atom. The quantitative estimate of drug-likeness (QED) is 0.851. The van der Waals surface area contributed by atoms with Crippen molar-refractivity contribution in [3.05, 3.63) is 53.9 Å². The fourth-order valence-electron chi connectivity index (χ4n) is 2.93. The Balaban J connectivity index is 1.80. The van der Waals surface area contributed by atoms with Crippen LogP contribution in [0.15, 0.2) is 42.7 Å². The average molecular weight is 270 g/mol. The van der Waals surface area contributed by atoms with Crippen LogP contribution in [0.25, 0.3) is 0 Å². The molecular formula is C16H22N4. The predicted octanol–water partition coefficient (Wildman–Crippen LogP) is 1.91. The molecule has 106 valence electrons. The van der Waals surface area contributed by atoms with E-state index in [9.17, 15) is 0 Å². The van der Waals surface area contributed by atoms with Gasteiger partial charge in [0, 0.05) is 51.0 Å². The van der Waals surface area contributed by atoms with Gasteiger partial charge in [-0.3, -0.25) is 9.58 Å². The van der Waals surface area contributed by atoms with Crippen molar-refractivity contribution in [2.75, 3.05) is 26.7 Å². The molecule has 2 aromatic rings. The molecule has 1 aromatic heterocycles. The molecule has 1 aliphatic rings. The highest BCUT2D eigenvalue weighted by Crippen LogP contribution is 2.26. The Labute approximate surface area is 120 Å². The first-order valence-electron chi connectivity index (χ1n) is 7.17. The molecule has 1 fully saturated rings. The minimum absolute atomic E-state index is 0.468. The summed E-state index contributed by atoms with van der Waals surface area (Å²) in [5, 5.41) is 4.27. The van der Waals surface area contributed by atoms with Gasteiger partial charge in [0.25, 0.3) is 0 Å². The van der Waals surface area contributed by atoms with Gasteiger partial charge in [-0.25, -0.2) is 0 Å². The molecular weight excluding hydrogens is 248 g/mol. The molecule has 1 aromatic carbocycles. The van der Waals surface area contributed by atoms with Crippen LogP contribution in [0.3, 0.4) is 0 Å². The number of benzene rings is 1. The topological polar surface area (TPSA) is 24.3 Å². The normalized spacial score (nSPS) is 21.2. The molecule has 0 bridgehead atoms. The summed E-state index contributed by atoms with van der Waals surface area (Å²) < 4.78 is 1.88. The van der Waals surface area contributed by atoms with E-state index in [0.717, 1.165) is 26.2 Å². The minimum atomic E-state index is 0.468. The summed E-state index contributed by atoms with van der Waals surface area (Å²) in [5.41, 5.74) is 2.70. The van der Waals surface area contributed by atoms with Gasteiger partial charge in [-0.05, 0) is 12.6 Å². The number of rotatable bonds is 3. The molecule has 1 unspecified atom stereocenters. The Morgan fingerprint density at radius 1 is 1.15 bits per heavy atom. The third kappa shape index (κ3) is 2.92. The third-order valence-corrected chi connectivity index (χ3v) is 4.02. The lowest BCUT2D eigenvalue weighted by Gasteiger charge is -2.40. The van der Waals surface area contributed by atoms with E-state index in [2.05, 4.69) is 58.5 Å². The van der Waals surface area contributed by atoms with Crippen molar-refractivity contribution in [1.82, 2.24) is 19.6 Å². The van der Waals surface area contributed by atoms with Gasteiger partial charge in [-0.1, -0.05) is 30.3 Å². The average Bonchev–Trinajstić information content (AvgIpc) is 2.87. The fourth-order valence-corrected chi connectivity index (χ4v) is 2.93. The van der Waals surface area contributed by atoms with Crippen LogP contribution in [0.2, 0.25) is 0 Å². The molecule has 0 aliphatic carbocycles. The molecule has 0 saturated carbocycles. The van der Waals surface area contributed by atoms with E-state index in [-0.39, 0.29) is 0 Å². The number of piperazine rings is 1. The van der Waals surface area contributed by atoms with Crippen molar-refractivity contribution in [1.29, 1.82) is 0 Å². The highest BCUT2D eigenvalue weighted by atomic mass is 15.3. The van der Waals surface area contributed by atoms with Crippen molar-refractivity contribution in [3.63, 3.8) is 0 Å². The van der Waals surface area contributed by atoms with Crippen molar-refractivity contribution in [2.45, 2.75) is 12.6 Å². The summed E-state index contributed by atoms with van der Waals surface area (Å²) in [7, 11) is 4.18. The van der Waals surface area contributed by atoms with Crippen LogP contribution < -0.4 is 0 Å². The summed E-state index contributed by atoms with van der Waals surface area (Å²) >= 11 is 0. The van der Waals surface area contributed by atoms with E-state index in [1.54, 1.807) is 0 Å². The van der Waals surface area contributed by atoms with Crippen LogP contribution in [-0.2, 0) is 13.6 Å². The van der Waals surface area contributed by atoms with Gasteiger partial charge in [0.1, 0.15) is 0 Å². The third-order valence-electron chi connectivity index (χ3n) is 4.02. The number of aromatic nitrogens is 2. The number of likely N-dealkylation sites (N-methyl/N-ethyl adjacent to an activating group) is 1. The smallest absolute Gasteiger partial charge is 0.0534 e. The Kier molecular flexibility index (Phi) is 3.85. The summed E-state index contributed by atoms with van der Waals surface area (Å²) in [4.78, 5) is 4.98. The number of aryl methyl sites for hydroxylation is 1. The van der Waals surface area contributed by atoms with Crippen LogP contribution in [0.5, 0.6) is 0 Å². The molecule has 2 heterocycles. The highest BCUT2D eigenvalue weighted by Gasteiger charge is 2.26. The first-order chi connectivity index (χ1) is 9.72. The van der Waals surface area contributed by atoms with Crippen LogP contribution >= 0.6 is 0 Å². The van der Waals surface area contributed by atoms with Gasteiger partial charge in [-0.2, -0.15) is 5.10 Å². The van der Waals surface area contributed by atoms with Crippen LogP contribution in [0.4, 0.5) is 0 Å². The largest absolute Gasteiger partial charge is 0.303 e. The van der Waals surface area contributed by atoms with Gasteiger partial charge >= 0.3 is 0 Å². The fraction of sp³-hybridized carbons (Fsp3) is 0.438. The van der Waals surface area contributed by atoms with E-state index in [1.165, 1.54) is 11.1 Å². The number of nitrogens with zero attached hydrogens (tertiary/aromatic N) is 4. The maximum absolute atomic E-state index is 4.27. The van der Waals surface area contributed by atoms with Crippen LogP contribution in [0, 0.1) is 0 Å². The molecule has 0 N–H and O–H groups in total. The van der Waals surface area contributed by atoms with Gasteiger partial charge in [0.15, 0.2) is 0 Å².